The molecule has 0 aromatic heterocycles. The first-order valence-corrected chi connectivity index (χ1v) is 9.81. The van der Waals surface area contributed by atoms with Crippen molar-refractivity contribution in [1.82, 2.24) is 10.2 Å². The number of methoxy groups -OCH3 is 1. The van der Waals surface area contributed by atoms with E-state index in [9.17, 15) is 4.79 Å². The molecular weight excluding hydrogens is 300 g/mol. The van der Waals surface area contributed by atoms with Crippen molar-refractivity contribution in [2.24, 2.45) is 17.3 Å². The van der Waals surface area contributed by atoms with Crippen LogP contribution in [-0.4, -0.2) is 43.8 Å². The second-order valence-electron chi connectivity index (χ2n) is 9.35. The summed E-state index contributed by atoms with van der Waals surface area (Å²) in [6.45, 7) is 7.81. The van der Waals surface area contributed by atoms with Gasteiger partial charge in [0.1, 0.15) is 0 Å². The predicted molar refractivity (Wildman–Crippen MR) is 99.1 cm³/mol. The minimum atomic E-state index is 0.116. The zero-order valence-corrected chi connectivity index (χ0v) is 16.4. The standard InChI is InChI=1S/C20H38N2O2/c1-20(2,3)13-16-6-9-17(12-16)21-19(23)22(4)14-15-7-10-18(24-5)11-8-15/h15-18H,6-14H2,1-5H3,(H,21,23). The maximum atomic E-state index is 12.5. The van der Waals surface area contributed by atoms with Crippen LogP contribution in [0.1, 0.15) is 72.1 Å². The summed E-state index contributed by atoms with van der Waals surface area (Å²) in [6.07, 6.45) is 9.85. The number of ether oxygens (including phenoxy) is 1. The molecule has 0 aromatic carbocycles. The van der Waals surface area contributed by atoms with Crippen LogP contribution in [0.15, 0.2) is 0 Å². The van der Waals surface area contributed by atoms with Crippen LogP contribution in [0.5, 0.6) is 0 Å². The topological polar surface area (TPSA) is 41.6 Å². The molecular formula is C20H38N2O2. The van der Waals surface area contributed by atoms with Crippen molar-refractivity contribution in [1.29, 1.82) is 0 Å². The van der Waals surface area contributed by atoms with E-state index >= 15 is 0 Å². The van der Waals surface area contributed by atoms with Crippen LogP contribution in [0, 0.1) is 17.3 Å². The van der Waals surface area contributed by atoms with Gasteiger partial charge in [-0.2, -0.15) is 0 Å². The minimum absolute atomic E-state index is 0.116. The Kier molecular flexibility index (Phi) is 6.97. The van der Waals surface area contributed by atoms with E-state index in [0.717, 1.165) is 38.1 Å². The summed E-state index contributed by atoms with van der Waals surface area (Å²) in [5, 5.41) is 3.27. The van der Waals surface area contributed by atoms with E-state index in [1.807, 2.05) is 11.9 Å². The highest BCUT2D eigenvalue weighted by atomic mass is 16.5. The number of hydrogen-bond acceptors (Lipinski definition) is 2. The van der Waals surface area contributed by atoms with Gasteiger partial charge in [-0.15, -0.1) is 0 Å². The number of amides is 2. The largest absolute Gasteiger partial charge is 0.381 e. The molecule has 4 nitrogen and oxygen atoms in total. The van der Waals surface area contributed by atoms with Crippen LogP contribution in [-0.2, 0) is 4.74 Å². The Balaban J connectivity index is 1.69. The van der Waals surface area contributed by atoms with Gasteiger partial charge in [0, 0.05) is 26.7 Å². The summed E-state index contributed by atoms with van der Waals surface area (Å²) in [6, 6.07) is 0.488. The molecule has 24 heavy (non-hydrogen) atoms. The number of rotatable bonds is 5. The molecule has 4 heteroatoms. The molecule has 0 bridgehead atoms. The van der Waals surface area contributed by atoms with Gasteiger partial charge in [0.25, 0.3) is 0 Å². The smallest absolute Gasteiger partial charge is 0.317 e. The number of hydrogen-bond donors (Lipinski definition) is 1. The summed E-state index contributed by atoms with van der Waals surface area (Å²) < 4.78 is 5.43. The van der Waals surface area contributed by atoms with Gasteiger partial charge < -0.3 is 15.0 Å². The maximum Gasteiger partial charge on any atom is 0.317 e. The maximum absolute atomic E-state index is 12.5. The van der Waals surface area contributed by atoms with Gasteiger partial charge in [-0.25, -0.2) is 4.79 Å². The molecule has 0 radical (unpaired) electrons. The SMILES string of the molecule is COC1CCC(CN(C)C(=O)NC2CCC(CC(C)(C)C)C2)CC1. The van der Waals surface area contributed by atoms with Crippen molar-refractivity contribution in [3.63, 3.8) is 0 Å². The Morgan fingerprint density at radius 3 is 2.29 bits per heavy atom. The predicted octanol–water partition coefficient (Wildman–Crippen LogP) is 4.44. The lowest BCUT2D eigenvalue weighted by molar-refractivity contribution is 0.0530. The molecule has 2 aliphatic carbocycles. The van der Waals surface area contributed by atoms with Crippen LogP contribution in [0.2, 0.25) is 0 Å². The van der Waals surface area contributed by atoms with Gasteiger partial charge in [-0.05, 0) is 68.6 Å². The lowest BCUT2D eigenvalue weighted by Crippen LogP contribution is -2.44. The van der Waals surface area contributed by atoms with Crippen molar-refractivity contribution >= 4 is 6.03 Å². The summed E-state index contributed by atoms with van der Waals surface area (Å²) in [4.78, 5) is 14.4. The highest BCUT2D eigenvalue weighted by Gasteiger charge is 2.30. The first-order valence-electron chi connectivity index (χ1n) is 9.81. The molecule has 2 fully saturated rings. The molecule has 2 unspecified atom stereocenters. The second kappa shape index (κ2) is 8.55. The van der Waals surface area contributed by atoms with E-state index in [0.29, 0.717) is 23.5 Å². The third-order valence-electron chi connectivity index (χ3n) is 5.78. The summed E-state index contributed by atoms with van der Waals surface area (Å²) in [7, 11) is 3.75. The van der Waals surface area contributed by atoms with Crippen molar-refractivity contribution in [3.05, 3.63) is 0 Å². The van der Waals surface area contributed by atoms with Gasteiger partial charge >= 0.3 is 6.03 Å². The average molecular weight is 339 g/mol. The third-order valence-corrected chi connectivity index (χ3v) is 5.78. The number of carbonyl (C=O) groups is 1. The fourth-order valence-corrected chi connectivity index (χ4v) is 4.56. The van der Waals surface area contributed by atoms with Crippen molar-refractivity contribution in [2.45, 2.75) is 84.3 Å². The van der Waals surface area contributed by atoms with Gasteiger partial charge in [0.15, 0.2) is 0 Å². The molecule has 2 rings (SSSR count). The average Bonchev–Trinajstić information content (AvgIpc) is 2.92. The van der Waals surface area contributed by atoms with Gasteiger partial charge in [-0.3, -0.25) is 0 Å². The van der Waals surface area contributed by atoms with Crippen LogP contribution in [0.3, 0.4) is 0 Å². The highest BCUT2D eigenvalue weighted by Crippen LogP contribution is 2.35. The molecule has 0 spiro atoms. The third kappa shape index (κ3) is 6.27. The number of nitrogens with one attached hydrogen (secondary N) is 1. The van der Waals surface area contributed by atoms with Crippen LogP contribution in [0.25, 0.3) is 0 Å². The lowest BCUT2D eigenvalue weighted by Gasteiger charge is -2.31. The molecule has 2 saturated carbocycles. The van der Waals surface area contributed by atoms with E-state index in [2.05, 4.69) is 26.1 Å². The number of carbonyl (C=O) groups excluding carboxylic acids is 1. The van der Waals surface area contributed by atoms with E-state index < -0.39 is 0 Å². The fraction of sp³-hybridized carbons (Fsp3) is 0.950. The van der Waals surface area contributed by atoms with Gasteiger partial charge in [0.05, 0.1) is 6.10 Å². The molecule has 0 saturated heterocycles. The summed E-state index contributed by atoms with van der Waals surface area (Å²) in [5.41, 5.74) is 0.390. The Morgan fingerprint density at radius 2 is 1.71 bits per heavy atom. The van der Waals surface area contributed by atoms with E-state index in [-0.39, 0.29) is 6.03 Å². The Labute approximate surface area is 148 Å². The molecule has 2 amide bonds. The molecule has 0 heterocycles. The summed E-state index contributed by atoms with van der Waals surface area (Å²) in [5.74, 6) is 1.40. The number of nitrogens with zero attached hydrogens (tertiary/aromatic N) is 1. The van der Waals surface area contributed by atoms with Gasteiger partial charge in [-0.1, -0.05) is 20.8 Å². The molecule has 1 N–H and O–H groups in total. The molecule has 2 aliphatic rings. The van der Waals surface area contributed by atoms with Crippen LogP contribution >= 0.6 is 0 Å². The minimum Gasteiger partial charge on any atom is -0.381 e. The number of urea groups is 1. The first kappa shape index (κ1) is 19.6. The zero-order valence-electron chi connectivity index (χ0n) is 16.4. The lowest BCUT2D eigenvalue weighted by atomic mass is 9.84. The normalized spacial score (nSPS) is 31.0. The zero-order chi connectivity index (χ0) is 17.7. The van der Waals surface area contributed by atoms with E-state index in [1.54, 1.807) is 7.11 Å². The molecule has 2 atom stereocenters. The van der Waals surface area contributed by atoms with Crippen molar-refractivity contribution < 1.29 is 9.53 Å². The summed E-state index contributed by atoms with van der Waals surface area (Å²) >= 11 is 0. The Hall–Kier alpha value is -0.770. The quantitative estimate of drug-likeness (QED) is 0.805. The van der Waals surface area contributed by atoms with Crippen LogP contribution in [0.4, 0.5) is 4.79 Å². The Morgan fingerprint density at radius 1 is 1.08 bits per heavy atom. The molecule has 140 valence electrons. The van der Waals surface area contributed by atoms with Gasteiger partial charge in [0.2, 0.25) is 0 Å². The monoisotopic (exact) mass is 338 g/mol. The second-order valence-corrected chi connectivity index (χ2v) is 9.35. The van der Waals surface area contributed by atoms with E-state index in [4.69, 9.17) is 4.74 Å². The molecule has 0 aromatic rings. The van der Waals surface area contributed by atoms with Crippen molar-refractivity contribution in [2.75, 3.05) is 20.7 Å². The molecule has 0 aliphatic heterocycles. The fourth-order valence-electron chi connectivity index (χ4n) is 4.56. The Bertz CT molecular complexity index is 397. The van der Waals surface area contributed by atoms with E-state index in [1.165, 1.54) is 25.7 Å². The highest BCUT2D eigenvalue weighted by molar-refractivity contribution is 5.74. The van der Waals surface area contributed by atoms with Crippen LogP contribution < -0.4 is 5.32 Å². The first-order chi connectivity index (χ1) is 11.3. The van der Waals surface area contributed by atoms with Crippen molar-refractivity contribution in [3.8, 4) is 0 Å².